The number of fused-ring (bicyclic) bond motifs is 2. The molecule has 0 amide bonds. The highest BCUT2D eigenvalue weighted by molar-refractivity contribution is 5.93. The van der Waals surface area contributed by atoms with Crippen molar-refractivity contribution in [1.82, 2.24) is 0 Å². The van der Waals surface area contributed by atoms with Gasteiger partial charge in [-0.15, -0.1) is 0 Å². The molecule has 1 N–H and O–H groups in total. The number of hydrogen-bond donors (Lipinski definition) is 1. The van der Waals surface area contributed by atoms with Crippen LogP contribution < -0.4 is 5.43 Å². The van der Waals surface area contributed by atoms with Crippen molar-refractivity contribution in [3.8, 4) is 0 Å². The lowest BCUT2D eigenvalue weighted by Crippen LogP contribution is -2.06. The molecule has 2 aromatic carbocycles. The highest BCUT2D eigenvalue weighted by atomic mass is 16.4. The number of carboxylic acids is 1. The topological polar surface area (TPSA) is 67.5 Å². The van der Waals surface area contributed by atoms with Gasteiger partial charge in [-0.2, -0.15) is 0 Å². The van der Waals surface area contributed by atoms with E-state index in [2.05, 4.69) is 0 Å². The maximum atomic E-state index is 13.1. The summed E-state index contributed by atoms with van der Waals surface area (Å²) in [5, 5.41) is 8.35. The average Bonchev–Trinajstić information content (AvgIpc) is 2.62. The number of carbonyl (C=O) groups is 1. The van der Waals surface area contributed by atoms with E-state index in [1.165, 1.54) is 13.8 Å². The first-order valence-corrected chi connectivity index (χ1v) is 6.04. The maximum Gasteiger partial charge on any atom is 0.307 e. The minimum absolute atomic E-state index is 0.144. The molecule has 1 heterocycles. The molecular weight excluding hydrogens is 268 g/mol. The number of para-hydroxylation sites is 1. The maximum absolute atomic E-state index is 13.1. The Morgan fingerprint density at radius 1 is 1.24 bits per heavy atom. The van der Waals surface area contributed by atoms with Gasteiger partial charge in [0.2, 0.25) is 5.43 Å². The third-order valence-electron chi connectivity index (χ3n) is 3.22. The Morgan fingerprint density at radius 2 is 1.95 bits per heavy atom. The monoisotopic (exact) mass is 289 g/mol. The van der Waals surface area contributed by atoms with Crippen LogP contribution in [0, 0.1) is 13.8 Å². The normalized spacial score (nSPS) is 16.6. The number of aryl methyl sites for hydroxylation is 1. The van der Waals surface area contributed by atoms with Crippen LogP contribution >= 0.6 is 0 Å². The molecular formula is C17H14O4. The first-order chi connectivity index (χ1) is 12.8. The van der Waals surface area contributed by atoms with Gasteiger partial charge in [0, 0.05) is 8.30 Å². The second-order valence-corrected chi connectivity index (χ2v) is 4.52. The number of benzene rings is 2. The molecule has 0 fully saturated rings. The van der Waals surface area contributed by atoms with Crippen molar-refractivity contribution in [2.75, 3.05) is 0 Å². The van der Waals surface area contributed by atoms with Gasteiger partial charge in [0.1, 0.15) is 11.2 Å². The standard InChI is InChI=1S/C17H14O4/c1-9-6-7-13-15(20)12-5-3-4-11(8-14(18)19)17(12)21-16(13)10(9)2/h3-7H,8H2,1-2H3,(H,18,19)/i3D,4D,5D,6D,7D,8D2. The van der Waals surface area contributed by atoms with Crippen LogP contribution in [0.4, 0.5) is 0 Å². The molecule has 0 radical (unpaired) electrons. The molecule has 21 heavy (non-hydrogen) atoms. The van der Waals surface area contributed by atoms with E-state index in [9.17, 15) is 14.7 Å². The van der Waals surface area contributed by atoms with Crippen molar-refractivity contribution in [1.29, 1.82) is 0 Å². The molecule has 0 spiro atoms. The van der Waals surface area contributed by atoms with E-state index in [4.69, 9.17) is 14.0 Å². The minimum atomic E-state index is -3.16. The molecule has 3 rings (SSSR count). The second-order valence-electron chi connectivity index (χ2n) is 4.52. The predicted molar refractivity (Wildman–Crippen MR) is 80.8 cm³/mol. The molecule has 106 valence electrons. The zero-order valence-corrected chi connectivity index (χ0v) is 11.2. The fourth-order valence-electron chi connectivity index (χ4n) is 2.03. The molecule has 0 atom stereocenters. The van der Waals surface area contributed by atoms with Crippen molar-refractivity contribution in [2.24, 2.45) is 0 Å². The van der Waals surface area contributed by atoms with E-state index >= 15 is 0 Å². The molecule has 0 bridgehead atoms. The predicted octanol–water partition coefficient (Wildman–Crippen LogP) is 3.19. The fourth-order valence-corrected chi connectivity index (χ4v) is 2.03. The molecule has 0 aliphatic carbocycles. The summed E-state index contributed by atoms with van der Waals surface area (Å²) in [7, 11) is 0. The van der Waals surface area contributed by atoms with Gasteiger partial charge < -0.3 is 9.52 Å². The summed E-state index contributed by atoms with van der Waals surface area (Å²) < 4.78 is 61.2. The van der Waals surface area contributed by atoms with Crippen LogP contribution in [0.25, 0.3) is 21.9 Å². The quantitative estimate of drug-likeness (QED) is 0.736. The first-order valence-electron chi connectivity index (χ1n) is 9.54. The Kier molecular flexibility index (Phi) is 1.67. The number of carboxylic acid groups (broad SMARTS) is 1. The largest absolute Gasteiger partial charge is 0.481 e. The van der Waals surface area contributed by atoms with Crippen LogP contribution in [0.3, 0.4) is 0 Å². The number of rotatable bonds is 2. The van der Waals surface area contributed by atoms with Crippen LogP contribution in [0.15, 0.2) is 39.4 Å². The average molecular weight is 289 g/mol. The lowest BCUT2D eigenvalue weighted by Gasteiger charge is -2.08. The molecule has 0 aliphatic rings. The van der Waals surface area contributed by atoms with Crippen molar-refractivity contribution in [3.63, 3.8) is 0 Å². The zero-order valence-electron chi connectivity index (χ0n) is 18.2. The van der Waals surface area contributed by atoms with E-state index in [0.717, 1.165) is 0 Å². The van der Waals surface area contributed by atoms with Gasteiger partial charge in [0.15, 0.2) is 0 Å². The van der Waals surface area contributed by atoms with Crippen LogP contribution in [0.1, 0.15) is 26.3 Å². The van der Waals surface area contributed by atoms with Crippen molar-refractivity contribution in [2.45, 2.75) is 20.2 Å². The molecule has 0 saturated carbocycles. The zero-order chi connectivity index (χ0) is 21.3. The van der Waals surface area contributed by atoms with Crippen LogP contribution in [-0.4, -0.2) is 11.1 Å². The third kappa shape index (κ3) is 2.09. The van der Waals surface area contributed by atoms with Crippen LogP contribution in [-0.2, 0) is 11.2 Å². The van der Waals surface area contributed by atoms with E-state index in [1.54, 1.807) is 0 Å². The van der Waals surface area contributed by atoms with Crippen LogP contribution in [0.5, 0.6) is 0 Å². The highest BCUT2D eigenvalue weighted by Crippen LogP contribution is 2.25. The Hall–Kier alpha value is -2.62. The molecule has 0 saturated heterocycles. The lowest BCUT2D eigenvalue weighted by molar-refractivity contribution is -0.136. The number of aliphatic carboxylic acids is 1. The van der Waals surface area contributed by atoms with Gasteiger partial charge >= 0.3 is 5.97 Å². The number of hydrogen-bond acceptors (Lipinski definition) is 3. The minimum Gasteiger partial charge on any atom is -0.481 e. The van der Waals surface area contributed by atoms with Gasteiger partial charge in [-0.1, -0.05) is 18.1 Å². The fraction of sp³-hybridized carbons (Fsp3) is 0.176. The summed E-state index contributed by atoms with van der Waals surface area (Å²) in [6, 6.07) is -3.10. The third-order valence-corrected chi connectivity index (χ3v) is 3.22. The van der Waals surface area contributed by atoms with Gasteiger partial charge in [0.05, 0.1) is 24.0 Å². The van der Waals surface area contributed by atoms with E-state index in [-0.39, 0.29) is 17.0 Å². The van der Waals surface area contributed by atoms with Gasteiger partial charge in [0.25, 0.3) is 0 Å². The summed E-state index contributed by atoms with van der Waals surface area (Å²) in [5.74, 6) is -1.95. The molecule has 4 heteroatoms. The van der Waals surface area contributed by atoms with Crippen molar-refractivity contribution < 1.29 is 23.9 Å². The smallest absolute Gasteiger partial charge is 0.307 e. The Labute approximate surface area is 130 Å². The summed E-state index contributed by atoms with van der Waals surface area (Å²) in [5.41, 5.74) is -1.88. The van der Waals surface area contributed by atoms with Crippen molar-refractivity contribution >= 4 is 27.9 Å². The SMILES string of the molecule is [2H]c1c([2H])c([2H])c2c(=O)c3c([2H])c([2H])c(C)c(C)c3oc2c1C([2H])([2H])C(=O)O. The molecule has 4 nitrogen and oxygen atoms in total. The summed E-state index contributed by atoms with van der Waals surface area (Å²) >= 11 is 0. The van der Waals surface area contributed by atoms with E-state index in [1.807, 2.05) is 0 Å². The first kappa shape index (κ1) is 7.41. The molecule has 0 aliphatic heterocycles. The molecule has 0 unspecified atom stereocenters. The molecule has 1 aromatic heterocycles. The Bertz CT molecular complexity index is 1260. The summed E-state index contributed by atoms with van der Waals surface area (Å²) in [6.07, 6.45) is -3.16. The second kappa shape index (κ2) is 4.74. The van der Waals surface area contributed by atoms with Gasteiger partial charge in [-0.25, -0.2) is 0 Å². The van der Waals surface area contributed by atoms with Gasteiger partial charge in [-0.3, -0.25) is 9.59 Å². The Balaban J connectivity index is 2.77. The van der Waals surface area contributed by atoms with E-state index in [0.29, 0.717) is 11.1 Å². The van der Waals surface area contributed by atoms with E-state index < -0.39 is 58.5 Å². The highest BCUT2D eigenvalue weighted by Gasteiger charge is 2.14. The Morgan fingerprint density at radius 3 is 2.67 bits per heavy atom. The molecule has 3 aromatic rings. The summed E-state index contributed by atoms with van der Waals surface area (Å²) in [6.45, 7) is 3.06. The van der Waals surface area contributed by atoms with Gasteiger partial charge in [-0.05, 0) is 37.1 Å². The lowest BCUT2D eigenvalue weighted by atomic mass is 10.0. The summed E-state index contributed by atoms with van der Waals surface area (Å²) in [4.78, 5) is 24.5. The van der Waals surface area contributed by atoms with Crippen LogP contribution in [0.2, 0.25) is 0 Å². The van der Waals surface area contributed by atoms with Crippen molar-refractivity contribution in [3.05, 3.63) is 57.1 Å².